The molecule has 4 atom stereocenters. The van der Waals surface area contributed by atoms with Crippen LogP contribution in [0.25, 0.3) is 0 Å². The first kappa shape index (κ1) is 13.1. The van der Waals surface area contributed by atoms with E-state index < -0.39 is 0 Å². The molecule has 0 spiro atoms. The van der Waals surface area contributed by atoms with E-state index in [9.17, 15) is 0 Å². The van der Waals surface area contributed by atoms with Gasteiger partial charge in [0, 0.05) is 0 Å². The van der Waals surface area contributed by atoms with Crippen molar-refractivity contribution in [1.82, 2.24) is 0 Å². The third kappa shape index (κ3) is 4.57. The van der Waals surface area contributed by atoms with Gasteiger partial charge in [-0.1, -0.05) is 47.5 Å². The number of rotatable bonds is 7. The highest BCUT2D eigenvalue weighted by atomic mass is 14.5. The van der Waals surface area contributed by atoms with Crippen LogP contribution in [0.3, 0.4) is 0 Å². The molecule has 15 heavy (non-hydrogen) atoms. The molecule has 0 bridgehead atoms. The van der Waals surface area contributed by atoms with Gasteiger partial charge in [0.2, 0.25) is 0 Å². The Morgan fingerprint density at radius 3 is 2.33 bits per heavy atom. The summed E-state index contributed by atoms with van der Waals surface area (Å²) >= 11 is 0. The average molecular weight is 210 g/mol. The predicted octanol–water partition coefficient (Wildman–Crippen LogP) is 5.13. The van der Waals surface area contributed by atoms with Crippen LogP contribution in [0.5, 0.6) is 0 Å². The van der Waals surface area contributed by atoms with Crippen LogP contribution in [0.2, 0.25) is 0 Å². The van der Waals surface area contributed by atoms with Crippen molar-refractivity contribution in [3.8, 4) is 0 Å². The molecule has 1 rings (SSSR count). The standard InChI is InChI=1S/C15H30/c1-6-7-12(4)9-14-10-15(14)13(5)8-11(2)3/h11-15H,6-10H2,1-5H3. The fraction of sp³-hybridized carbons (Fsp3) is 1.00. The Kier molecular flexibility index (Phi) is 5.15. The second-order valence-electron chi connectivity index (χ2n) is 6.40. The Labute approximate surface area is 96.8 Å². The molecule has 0 nitrogen and oxygen atoms in total. The predicted molar refractivity (Wildman–Crippen MR) is 68.9 cm³/mol. The molecule has 1 aliphatic rings. The first-order valence-corrected chi connectivity index (χ1v) is 7.04. The topological polar surface area (TPSA) is 0 Å². The van der Waals surface area contributed by atoms with Gasteiger partial charge in [-0.25, -0.2) is 0 Å². The Hall–Kier alpha value is 0. The fourth-order valence-electron chi connectivity index (χ4n) is 3.28. The maximum Gasteiger partial charge on any atom is -0.0357 e. The summed E-state index contributed by atoms with van der Waals surface area (Å²) in [4.78, 5) is 0. The molecule has 90 valence electrons. The molecule has 0 aliphatic heterocycles. The van der Waals surface area contributed by atoms with E-state index in [2.05, 4.69) is 34.6 Å². The maximum absolute atomic E-state index is 2.47. The lowest BCUT2D eigenvalue weighted by atomic mass is 9.91. The summed E-state index contributed by atoms with van der Waals surface area (Å²) in [5, 5.41) is 0. The van der Waals surface area contributed by atoms with Crippen molar-refractivity contribution < 1.29 is 0 Å². The molecule has 1 fully saturated rings. The van der Waals surface area contributed by atoms with Crippen LogP contribution in [0.15, 0.2) is 0 Å². The molecule has 4 unspecified atom stereocenters. The third-order valence-corrected chi connectivity index (χ3v) is 4.04. The van der Waals surface area contributed by atoms with Crippen LogP contribution in [0, 0.1) is 29.6 Å². The summed E-state index contributed by atoms with van der Waals surface area (Å²) in [6.45, 7) is 11.9. The van der Waals surface area contributed by atoms with Gasteiger partial charge >= 0.3 is 0 Å². The molecular weight excluding hydrogens is 180 g/mol. The molecule has 1 aliphatic carbocycles. The van der Waals surface area contributed by atoms with Gasteiger partial charge in [0.25, 0.3) is 0 Å². The minimum absolute atomic E-state index is 0.884. The van der Waals surface area contributed by atoms with Gasteiger partial charge in [0.05, 0.1) is 0 Å². The van der Waals surface area contributed by atoms with Gasteiger partial charge in [-0.2, -0.15) is 0 Å². The highest BCUT2D eigenvalue weighted by Crippen LogP contribution is 2.49. The Balaban J connectivity index is 2.16. The van der Waals surface area contributed by atoms with Crippen molar-refractivity contribution in [3.63, 3.8) is 0 Å². The zero-order valence-electron chi connectivity index (χ0n) is 11.4. The van der Waals surface area contributed by atoms with Crippen molar-refractivity contribution >= 4 is 0 Å². The molecule has 0 saturated heterocycles. The van der Waals surface area contributed by atoms with E-state index in [0.29, 0.717) is 0 Å². The van der Waals surface area contributed by atoms with Crippen molar-refractivity contribution in [1.29, 1.82) is 0 Å². The highest BCUT2D eigenvalue weighted by molar-refractivity contribution is 4.90. The zero-order chi connectivity index (χ0) is 11.4. The Morgan fingerprint density at radius 1 is 1.13 bits per heavy atom. The summed E-state index contributed by atoms with van der Waals surface area (Å²) in [6.07, 6.45) is 7.26. The fourth-order valence-corrected chi connectivity index (χ4v) is 3.28. The second kappa shape index (κ2) is 5.92. The smallest absolute Gasteiger partial charge is 0.0357 e. The molecule has 0 amide bonds. The van der Waals surface area contributed by atoms with Crippen LogP contribution in [0.1, 0.15) is 66.7 Å². The Morgan fingerprint density at radius 2 is 1.80 bits per heavy atom. The summed E-state index contributed by atoms with van der Waals surface area (Å²) in [5.74, 6) is 4.99. The average Bonchev–Trinajstić information content (AvgIpc) is 2.82. The van der Waals surface area contributed by atoms with E-state index >= 15 is 0 Å². The van der Waals surface area contributed by atoms with E-state index in [1.807, 2.05) is 0 Å². The first-order valence-electron chi connectivity index (χ1n) is 7.04. The van der Waals surface area contributed by atoms with E-state index in [1.54, 1.807) is 0 Å². The highest BCUT2D eigenvalue weighted by Gasteiger charge is 2.40. The zero-order valence-corrected chi connectivity index (χ0v) is 11.4. The van der Waals surface area contributed by atoms with E-state index in [4.69, 9.17) is 0 Å². The van der Waals surface area contributed by atoms with Gasteiger partial charge < -0.3 is 0 Å². The van der Waals surface area contributed by atoms with Gasteiger partial charge in [-0.15, -0.1) is 0 Å². The quantitative estimate of drug-likeness (QED) is 0.546. The summed E-state index contributed by atoms with van der Waals surface area (Å²) < 4.78 is 0. The summed E-state index contributed by atoms with van der Waals surface area (Å²) in [5.41, 5.74) is 0. The van der Waals surface area contributed by atoms with Crippen LogP contribution in [-0.2, 0) is 0 Å². The number of hydrogen-bond acceptors (Lipinski definition) is 0. The largest absolute Gasteiger partial charge is 0.0654 e. The van der Waals surface area contributed by atoms with Gasteiger partial charge in [-0.3, -0.25) is 0 Å². The molecular formula is C15H30. The third-order valence-electron chi connectivity index (χ3n) is 4.04. The molecule has 0 aromatic carbocycles. The van der Waals surface area contributed by atoms with Crippen LogP contribution in [0.4, 0.5) is 0 Å². The van der Waals surface area contributed by atoms with Gasteiger partial charge in [0.15, 0.2) is 0 Å². The molecule has 0 aromatic rings. The summed E-state index contributed by atoms with van der Waals surface area (Å²) in [6, 6.07) is 0. The summed E-state index contributed by atoms with van der Waals surface area (Å²) in [7, 11) is 0. The van der Waals surface area contributed by atoms with Crippen LogP contribution < -0.4 is 0 Å². The monoisotopic (exact) mass is 210 g/mol. The van der Waals surface area contributed by atoms with Crippen LogP contribution >= 0.6 is 0 Å². The van der Waals surface area contributed by atoms with Crippen molar-refractivity contribution in [2.24, 2.45) is 29.6 Å². The minimum Gasteiger partial charge on any atom is -0.0654 e. The minimum atomic E-state index is 0.884. The SMILES string of the molecule is CCCC(C)CC1CC1C(C)CC(C)C. The molecule has 0 N–H and O–H groups in total. The molecule has 0 heteroatoms. The van der Waals surface area contributed by atoms with Crippen LogP contribution in [-0.4, -0.2) is 0 Å². The molecule has 1 saturated carbocycles. The van der Waals surface area contributed by atoms with Crippen molar-refractivity contribution in [2.75, 3.05) is 0 Å². The maximum atomic E-state index is 2.47. The molecule has 0 heterocycles. The lowest BCUT2D eigenvalue weighted by molar-refractivity contribution is 0.357. The van der Waals surface area contributed by atoms with Crippen molar-refractivity contribution in [3.05, 3.63) is 0 Å². The van der Waals surface area contributed by atoms with E-state index in [0.717, 1.165) is 29.6 Å². The van der Waals surface area contributed by atoms with E-state index in [-0.39, 0.29) is 0 Å². The van der Waals surface area contributed by atoms with E-state index in [1.165, 1.54) is 32.1 Å². The second-order valence-corrected chi connectivity index (χ2v) is 6.40. The number of hydrogen-bond donors (Lipinski definition) is 0. The van der Waals surface area contributed by atoms with Gasteiger partial charge in [0.1, 0.15) is 0 Å². The Bertz CT molecular complexity index is 171. The molecule has 0 radical (unpaired) electrons. The first-order chi connectivity index (χ1) is 7.04. The van der Waals surface area contributed by atoms with Gasteiger partial charge in [-0.05, 0) is 48.9 Å². The lowest BCUT2D eigenvalue weighted by Crippen LogP contribution is -2.05. The molecule has 0 aromatic heterocycles. The van der Waals surface area contributed by atoms with Crippen molar-refractivity contribution in [2.45, 2.75) is 66.7 Å². The normalized spacial score (nSPS) is 29.2. The lowest BCUT2D eigenvalue weighted by Gasteiger charge is -2.15.